The van der Waals surface area contributed by atoms with E-state index < -0.39 is 5.54 Å². The Hall–Kier alpha value is -4.99. The van der Waals surface area contributed by atoms with Crippen LogP contribution in [0.4, 0.5) is 5.82 Å². The molecule has 2 aliphatic heterocycles. The number of aromatic nitrogens is 4. The number of carbonyl (C=O) groups excluding carboxylic acids is 1. The Kier molecular flexibility index (Phi) is 8.14. The van der Waals surface area contributed by atoms with Gasteiger partial charge in [0.1, 0.15) is 35.0 Å². The number of fused-ring (bicyclic) bond motifs is 1. The lowest BCUT2D eigenvalue weighted by Gasteiger charge is -2.40. The lowest BCUT2D eigenvalue weighted by atomic mass is 9.95. The highest BCUT2D eigenvalue weighted by Gasteiger charge is 2.35. The van der Waals surface area contributed by atoms with Crippen LogP contribution in [-0.4, -0.2) is 77.7 Å². The summed E-state index contributed by atoms with van der Waals surface area (Å²) in [5.74, 6) is 1.10. The third-order valence-corrected chi connectivity index (χ3v) is 8.70. The summed E-state index contributed by atoms with van der Waals surface area (Å²) in [4.78, 5) is 40.0. The number of benzene rings is 2. The van der Waals surface area contributed by atoms with E-state index in [0.29, 0.717) is 67.2 Å². The van der Waals surface area contributed by atoms with Crippen molar-refractivity contribution in [1.29, 1.82) is 5.26 Å². The number of aliphatic hydroxyl groups is 1. The highest BCUT2D eigenvalue weighted by Crippen LogP contribution is 2.30. The molecule has 2 saturated heterocycles. The van der Waals surface area contributed by atoms with Crippen molar-refractivity contribution in [3.05, 3.63) is 83.1 Å². The van der Waals surface area contributed by atoms with Gasteiger partial charge in [0.2, 0.25) is 0 Å². The number of para-hydroxylation sites is 1. The zero-order chi connectivity index (χ0) is 31.7. The molecule has 0 unspecified atom stereocenters. The van der Waals surface area contributed by atoms with Crippen molar-refractivity contribution >= 4 is 22.9 Å². The van der Waals surface area contributed by atoms with E-state index in [2.05, 4.69) is 20.9 Å². The van der Waals surface area contributed by atoms with Crippen LogP contribution >= 0.6 is 0 Å². The van der Waals surface area contributed by atoms with Crippen LogP contribution in [-0.2, 0) is 4.79 Å². The molecule has 12 heteroatoms. The van der Waals surface area contributed by atoms with Crippen molar-refractivity contribution in [2.75, 3.05) is 31.9 Å². The van der Waals surface area contributed by atoms with Crippen molar-refractivity contribution in [2.45, 2.75) is 50.8 Å². The fraction of sp³-hybridized carbons (Fsp3) is 0.364. The summed E-state index contributed by atoms with van der Waals surface area (Å²) in [6.07, 6.45) is 4.54. The van der Waals surface area contributed by atoms with E-state index in [0.717, 1.165) is 0 Å². The van der Waals surface area contributed by atoms with Crippen LogP contribution in [0.2, 0.25) is 0 Å². The average molecular weight is 609 g/mol. The Morgan fingerprint density at radius 3 is 2.42 bits per heavy atom. The van der Waals surface area contributed by atoms with Gasteiger partial charge in [-0.05, 0) is 75.6 Å². The molecule has 1 amide bonds. The lowest BCUT2D eigenvalue weighted by molar-refractivity contribution is -0.125. The molecule has 45 heavy (non-hydrogen) atoms. The normalized spacial score (nSPS) is 18.3. The van der Waals surface area contributed by atoms with Crippen molar-refractivity contribution < 1.29 is 14.6 Å². The second-order valence-electron chi connectivity index (χ2n) is 12.1. The number of piperidine rings is 1. The molecule has 0 radical (unpaired) electrons. The molecule has 4 aromatic rings. The van der Waals surface area contributed by atoms with Crippen LogP contribution in [0, 0.1) is 11.3 Å². The summed E-state index contributed by atoms with van der Waals surface area (Å²) in [6.45, 7) is 5.93. The highest BCUT2D eigenvalue weighted by molar-refractivity contribution is 5.97. The molecule has 4 heterocycles. The van der Waals surface area contributed by atoms with Crippen molar-refractivity contribution in [3.8, 4) is 23.3 Å². The van der Waals surface area contributed by atoms with Gasteiger partial charge in [-0.2, -0.15) is 5.26 Å². The molecule has 3 N–H and O–H groups in total. The van der Waals surface area contributed by atoms with Gasteiger partial charge in [0, 0.05) is 31.7 Å². The standard InChI is InChI=1S/C33H36N8O4/c1-33(2,39-16-13-25(42)14-17-39)18-22(19-34)31(43)38-15-12-24(20-38)41-30-28(29(35)36-21-37-30)40(32(41)44)23-8-10-27(11-9-23)45-26-6-4-3-5-7-26/h3-11,18,21,24-25,42H,12-17,20H2,1-2H3,(H2,35,36,37)/b22-18-/t24-/m0/s1. The molecule has 2 fully saturated rings. The molecule has 0 aliphatic carbocycles. The fourth-order valence-electron chi connectivity index (χ4n) is 6.26. The first-order valence-electron chi connectivity index (χ1n) is 15.1. The third kappa shape index (κ3) is 5.92. The predicted molar refractivity (Wildman–Crippen MR) is 169 cm³/mol. The number of aliphatic hydroxyl groups excluding tert-OH is 1. The Bertz CT molecular complexity index is 1830. The first-order chi connectivity index (χ1) is 21.7. The Labute approximate surface area is 260 Å². The van der Waals surface area contributed by atoms with Crippen LogP contribution < -0.4 is 16.2 Å². The van der Waals surface area contributed by atoms with E-state index in [1.807, 2.05) is 44.2 Å². The Morgan fingerprint density at radius 2 is 1.73 bits per heavy atom. The molecule has 2 aliphatic rings. The van der Waals surface area contributed by atoms with Crippen molar-refractivity contribution in [2.24, 2.45) is 0 Å². The fourth-order valence-corrected chi connectivity index (χ4v) is 6.26. The van der Waals surface area contributed by atoms with Crippen LogP contribution in [0.3, 0.4) is 0 Å². The number of nitrogens with two attached hydrogens (primary N) is 1. The van der Waals surface area contributed by atoms with Gasteiger partial charge >= 0.3 is 5.69 Å². The lowest BCUT2D eigenvalue weighted by Crippen LogP contribution is -2.48. The number of nitrogen functional groups attached to an aromatic ring is 1. The average Bonchev–Trinajstić information content (AvgIpc) is 3.63. The largest absolute Gasteiger partial charge is 0.457 e. The highest BCUT2D eigenvalue weighted by atomic mass is 16.5. The second-order valence-corrected chi connectivity index (χ2v) is 12.1. The van der Waals surface area contributed by atoms with Gasteiger partial charge in [-0.1, -0.05) is 18.2 Å². The minimum Gasteiger partial charge on any atom is -0.457 e. The van der Waals surface area contributed by atoms with Gasteiger partial charge in [0.15, 0.2) is 11.5 Å². The van der Waals surface area contributed by atoms with Crippen LogP contribution in [0.25, 0.3) is 16.9 Å². The maximum atomic E-state index is 14.0. The second kappa shape index (κ2) is 12.2. The van der Waals surface area contributed by atoms with E-state index in [1.54, 1.807) is 39.8 Å². The van der Waals surface area contributed by atoms with E-state index in [9.17, 15) is 20.0 Å². The zero-order valence-corrected chi connectivity index (χ0v) is 25.3. The molecule has 1 atom stereocenters. The van der Waals surface area contributed by atoms with Gasteiger partial charge in [-0.15, -0.1) is 0 Å². The van der Waals surface area contributed by atoms with E-state index in [1.165, 1.54) is 10.9 Å². The molecular weight excluding hydrogens is 572 g/mol. The molecule has 0 bridgehead atoms. The van der Waals surface area contributed by atoms with Gasteiger partial charge in [0.05, 0.1) is 17.8 Å². The maximum absolute atomic E-state index is 14.0. The Morgan fingerprint density at radius 1 is 1.04 bits per heavy atom. The Balaban J connectivity index is 1.26. The number of hydrogen-bond donors (Lipinski definition) is 2. The number of ether oxygens (including phenoxy) is 1. The van der Waals surface area contributed by atoms with E-state index >= 15 is 0 Å². The zero-order valence-electron chi connectivity index (χ0n) is 25.3. The monoisotopic (exact) mass is 608 g/mol. The van der Waals surface area contributed by atoms with Gasteiger partial charge in [-0.3, -0.25) is 18.8 Å². The number of amides is 1. The number of hydrogen-bond acceptors (Lipinski definition) is 9. The van der Waals surface area contributed by atoms with E-state index in [4.69, 9.17) is 10.5 Å². The van der Waals surface area contributed by atoms with Gasteiger partial charge < -0.3 is 20.5 Å². The van der Waals surface area contributed by atoms with Gasteiger partial charge in [-0.25, -0.2) is 14.8 Å². The summed E-state index contributed by atoms with van der Waals surface area (Å²) >= 11 is 0. The van der Waals surface area contributed by atoms with E-state index in [-0.39, 0.29) is 41.7 Å². The van der Waals surface area contributed by atoms with Crippen LogP contribution in [0.5, 0.6) is 11.5 Å². The number of nitrogens with zero attached hydrogens (tertiary/aromatic N) is 7. The third-order valence-electron chi connectivity index (χ3n) is 8.70. The molecule has 0 saturated carbocycles. The molecule has 12 nitrogen and oxygen atoms in total. The minimum atomic E-state index is -0.541. The molecule has 0 spiro atoms. The number of imidazole rings is 1. The first kappa shape index (κ1) is 30.1. The summed E-state index contributed by atoms with van der Waals surface area (Å²) in [5, 5.41) is 19.9. The summed E-state index contributed by atoms with van der Waals surface area (Å²) in [5.41, 5.74) is 6.79. The summed E-state index contributed by atoms with van der Waals surface area (Å²) in [7, 11) is 0. The molecule has 6 rings (SSSR count). The number of rotatable bonds is 7. The van der Waals surface area contributed by atoms with Crippen LogP contribution in [0.15, 0.2) is 77.4 Å². The minimum absolute atomic E-state index is 0.0610. The number of anilines is 1. The summed E-state index contributed by atoms with van der Waals surface area (Å²) < 4.78 is 8.97. The molecular formula is C33H36N8O4. The summed E-state index contributed by atoms with van der Waals surface area (Å²) in [6, 6.07) is 18.2. The topological polar surface area (TPSA) is 156 Å². The van der Waals surface area contributed by atoms with Crippen molar-refractivity contribution in [1.82, 2.24) is 28.9 Å². The van der Waals surface area contributed by atoms with Crippen molar-refractivity contribution in [3.63, 3.8) is 0 Å². The van der Waals surface area contributed by atoms with Gasteiger partial charge in [0.25, 0.3) is 5.91 Å². The number of likely N-dealkylation sites (tertiary alicyclic amines) is 2. The molecule has 2 aromatic carbocycles. The molecule has 2 aromatic heterocycles. The molecule has 232 valence electrons. The number of carbonyl (C=O) groups is 1. The maximum Gasteiger partial charge on any atom is 0.335 e. The SMILES string of the molecule is CC(C)(/C=C(/C#N)C(=O)N1CC[C@H](n2c(=O)n(-c3ccc(Oc4ccccc4)cc3)c3c(N)ncnc32)C1)N1CCC(O)CC1. The smallest absolute Gasteiger partial charge is 0.335 e. The first-order valence-corrected chi connectivity index (χ1v) is 15.1. The quantitative estimate of drug-likeness (QED) is 0.237. The number of nitriles is 1. The van der Waals surface area contributed by atoms with Crippen LogP contribution in [0.1, 0.15) is 39.2 Å². The predicted octanol–water partition coefficient (Wildman–Crippen LogP) is 3.42.